The third-order valence-corrected chi connectivity index (χ3v) is 8.68. The number of aromatic nitrogens is 5. The molecule has 11 nitrogen and oxygen atoms in total. The standard InChI is InChI=1S/C36H41F3N10O/c1-3-9-31(12-7-8-17-41-34-43-23-28(20-40)33(46-34)48-18-15-30(16-19-48)36(37,38)39)49(35(50)44-21-26-10-5-4-6-11-26)32-14-13-27(22-42-32)29-24-45-47(2)25-29/h4-6,10-11,13-14,22-25,30H,3,7-9,12,15-19,21H2,1-2H3,(H-,41,43,44,46,50)/p+1/b49-31+. The minimum Gasteiger partial charge on any atom is -0.355 e. The number of alkyl halides is 3. The molecule has 1 fully saturated rings. The number of nitriles is 1. The van der Waals surface area contributed by atoms with Crippen molar-refractivity contribution >= 4 is 29.3 Å². The zero-order chi connectivity index (χ0) is 35.5. The molecule has 0 radical (unpaired) electrons. The lowest BCUT2D eigenvalue weighted by Crippen LogP contribution is -2.39. The van der Waals surface area contributed by atoms with Gasteiger partial charge in [0.2, 0.25) is 5.95 Å². The van der Waals surface area contributed by atoms with Crippen molar-refractivity contribution in [2.75, 3.05) is 29.9 Å². The van der Waals surface area contributed by atoms with Crippen molar-refractivity contribution in [2.24, 2.45) is 13.0 Å². The second kappa shape index (κ2) is 16.9. The first-order chi connectivity index (χ1) is 24.2. The van der Waals surface area contributed by atoms with E-state index in [0.29, 0.717) is 43.5 Å². The van der Waals surface area contributed by atoms with Crippen molar-refractivity contribution in [1.29, 1.82) is 5.26 Å². The van der Waals surface area contributed by atoms with Crippen molar-refractivity contribution in [3.05, 3.63) is 78.4 Å². The fourth-order valence-corrected chi connectivity index (χ4v) is 6.01. The molecule has 2 N–H and O–H groups in total. The Kier molecular flexibility index (Phi) is 12.1. The van der Waals surface area contributed by atoms with Gasteiger partial charge in [-0.2, -0.15) is 33.1 Å². The number of nitrogens with one attached hydrogen (secondary N) is 2. The molecule has 50 heavy (non-hydrogen) atoms. The number of hydrogen-bond acceptors (Lipinski definition) is 8. The third kappa shape index (κ3) is 9.43. The number of pyridine rings is 1. The van der Waals surface area contributed by atoms with Crippen LogP contribution in [0.5, 0.6) is 0 Å². The number of rotatable bonds is 13. The quantitative estimate of drug-likeness (QED) is 0.0874. The number of aryl methyl sites for hydroxylation is 1. The predicted octanol–water partition coefficient (Wildman–Crippen LogP) is 7.00. The molecule has 0 aliphatic carbocycles. The summed E-state index contributed by atoms with van der Waals surface area (Å²) in [7, 11) is 1.86. The van der Waals surface area contributed by atoms with E-state index in [9.17, 15) is 23.2 Å². The Balaban J connectivity index is 1.26. The van der Waals surface area contributed by atoms with Crippen LogP contribution in [0.15, 0.2) is 67.3 Å². The Labute approximate surface area is 289 Å². The summed E-state index contributed by atoms with van der Waals surface area (Å²) in [4.78, 5) is 29.0. The zero-order valence-corrected chi connectivity index (χ0v) is 28.3. The van der Waals surface area contributed by atoms with Crippen LogP contribution < -0.4 is 15.5 Å². The molecule has 0 spiro atoms. The minimum atomic E-state index is -4.22. The molecule has 1 saturated heterocycles. The number of halogens is 3. The van der Waals surface area contributed by atoms with Crippen LogP contribution in [-0.4, -0.2) is 66.9 Å². The second-order valence-electron chi connectivity index (χ2n) is 12.3. The summed E-state index contributed by atoms with van der Waals surface area (Å²) in [5.41, 5.74) is 3.99. The number of piperidine rings is 1. The molecule has 2 amide bonds. The monoisotopic (exact) mass is 687 g/mol. The first-order valence-electron chi connectivity index (χ1n) is 16.9. The predicted molar refractivity (Wildman–Crippen MR) is 185 cm³/mol. The first-order valence-corrected chi connectivity index (χ1v) is 16.9. The molecule has 0 atom stereocenters. The molecule has 3 aromatic heterocycles. The Morgan fingerprint density at radius 3 is 2.44 bits per heavy atom. The second-order valence-corrected chi connectivity index (χ2v) is 12.3. The lowest BCUT2D eigenvalue weighted by molar-refractivity contribution is -0.342. The van der Waals surface area contributed by atoms with Crippen molar-refractivity contribution in [3.63, 3.8) is 0 Å². The number of unbranched alkanes of at least 4 members (excludes halogenated alkanes) is 1. The van der Waals surface area contributed by atoms with E-state index in [4.69, 9.17) is 4.98 Å². The van der Waals surface area contributed by atoms with Gasteiger partial charge in [-0.05, 0) is 56.6 Å². The van der Waals surface area contributed by atoms with Gasteiger partial charge in [-0.25, -0.2) is 9.78 Å². The average Bonchev–Trinajstić information content (AvgIpc) is 3.57. The number of amides is 2. The maximum absolute atomic E-state index is 13.8. The topological polar surface area (TPSA) is 128 Å². The number of carbonyl (C=O) groups excluding carboxylic acids is 1. The van der Waals surface area contributed by atoms with Crippen LogP contribution in [0.3, 0.4) is 0 Å². The number of urea groups is 1. The summed E-state index contributed by atoms with van der Waals surface area (Å²) in [6.45, 7) is 3.31. The van der Waals surface area contributed by atoms with Crippen molar-refractivity contribution < 1.29 is 22.5 Å². The van der Waals surface area contributed by atoms with E-state index in [-0.39, 0.29) is 37.5 Å². The van der Waals surface area contributed by atoms with E-state index < -0.39 is 12.1 Å². The highest BCUT2D eigenvalue weighted by Crippen LogP contribution is 2.35. The van der Waals surface area contributed by atoms with Gasteiger partial charge in [0.05, 0.1) is 30.6 Å². The molecule has 1 aliphatic heterocycles. The number of anilines is 2. The van der Waals surface area contributed by atoms with Crippen LogP contribution in [0, 0.1) is 17.2 Å². The van der Waals surface area contributed by atoms with Gasteiger partial charge < -0.3 is 10.2 Å². The molecular weight excluding hydrogens is 645 g/mol. The van der Waals surface area contributed by atoms with Gasteiger partial charge in [-0.1, -0.05) is 37.3 Å². The summed E-state index contributed by atoms with van der Waals surface area (Å²) in [5.74, 6) is -0.147. The molecule has 0 saturated carbocycles. The van der Waals surface area contributed by atoms with Gasteiger partial charge in [0.15, 0.2) is 5.82 Å². The highest BCUT2D eigenvalue weighted by molar-refractivity contribution is 5.86. The maximum Gasteiger partial charge on any atom is 0.441 e. The highest BCUT2D eigenvalue weighted by atomic mass is 19.4. The molecule has 4 aromatic rings. The summed E-state index contributed by atoms with van der Waals surface area (Å²) in [6.07, 6.45) is 6.22. The number of nitrogens with zero attached hydrogens (tertiary/aromatic N) is 8. The van der Waals surface area contributed by atoms with Gasteiger partial charge in [0.1, 0.15) is 17.8 Å². The average molecular weight is 688 g/mol. The molecule has 14 heteroatoms. The first kappa shape index (κ1) is 36.0. The fourth-order valence-electron chi connectivity index (χ4n) is 6.01. The Morgan fingerprint density at radius 2 is 1.80 bits per heavy atom. The van der Waals surface area contributed by atoms with Crippen LogP contribution in [-0.2, 0) is 13.6 Å². The molecule has 262 valence electrons. The number of carbonyl (C=O) groups is 1. The Bertz CT molecular complexity index is 1790. The normalized spacial score (nSPS) is 14.2. The van der Waals surface area contributed by atoms with E-state index in [1.807, 2.05) is 55.7 Å². The highest BCUT2D eigenvalue weighted by Gasteiger charge is 2.41. The molecule has 1 aliphatic rings. The lowest BCUT2D eigenvalue weighted by atomic mass is 9.96. The van der Waals surface area contributed by atoms with Crippen molar-refractivity contribution in [1.82, 2.24) is 30.0 Å². The molecule has 1 aromatic carbocycles. The van der Waals surface area contributed by atoms with Crippen LogP contribution in [0.1, 0.15) is 63.0 Å². The molecule has 5 rings (SSSR count). The third-order valence-electron chi connectivity index (χ3n) is 8.68. The fraction of sp³-hybridized carbons (Fsp3) is 0.417. The summed E-state index contributed by atoms with van der Waals surface area (Å²) >= 11 is 0. The molecular formula is C36H42F3N10O+. The summed E-state index contributed by atoms with van der Waals surface area (Å²) in [5, 5.41) is 20.1. The van der Waals surface area contributed by atoms with Crippen molar-refractivity contribution in [2.45, 2.75) is 64.6 Å². The minimum absolute atomic E-state index is 0.0385. The van der Waals surface area contributed by atoms with Gasteiger partial charge in [-0.15, -0.1) is 4.98 Å². The van der Waals surface area contributed by atoms with Crippen LogP contribution in [0.4, 0.5) is 35.5 Å². The smallest absolute Gasteiger partial charge is 0.355 e. The summed E-state index contributed by atoms with van der Waals surface area (Å²) < 4.78 is 43.0. The summed E-state index contributed by atoms with van der Waals surface area (Å²) in [6, 6.07) is 15.3. The van der Waals surface area contributed by atoms with Crippen LogP contribution in [0.25, 0.3) is 11.1 Å². The van der Waals surface area contributed by atoms with Gasteiger partial charge in [0, 0.05) is 50.1 Å². The molecule has 4 heterocycles. The van der Waals surface area contributed by atoms with Gasteiger partial charge in [0.25, 0.3) is 5.82 Å². The Morgan fingerprint density at radius 1 is 1.02 bits per heavy atom. The van der Waals surface area contributed by atoms with Gasteiger partial charge >= 0.3 is 12.2 Å². The Hall–Kier alpha value is -5.32. The largest absolute Gasteiger partial charge is 0.441 e. The zero-order valence-electron chi connectivity index (χ0n) is 28.3. The van der Waals surface area contributed by atoms with E-state index in [0.717, 1.165) is 41.7 Å². The van der Waals surface area contributed by atoms with E-state index in [1.54, 1.807) is 26.6 Å². The van der Waals surface area contributed by atoms with Crippen LogP contribution in [0.2, 0.25) is 0 Å². The van der Waals surface area contributed by atoms with E-state index in [2.05, 4.69) is 38.7 Å². The molecule has 0 bridgehead atoms. The number of hydrogen-bond donors (Lipinski definition) is 2. The van der Waals surface area contributed by atoms with E-state index in [1.165, 1.54) is 6.20 Å². The van der Waals surface area contributed by atoms with Gasteiger partial charge in [-0.3, -0.25) is 10.00 Å². The number of benzene rings is 1. The maximum atomic E-state index is 13.8. The van der Waals surface area contributed by atoms with Crippen molar-refractivity contribution in [3.8, 4) is 17.2 Å². The molecule has 0 unspecified atom stereocenters. The van der Waals surface area contributed by atoms with E-state index >= 15 is 0 Å². The SMILES string of the molecule is CCC/C(CCCCNc1ncc(C#N)c(N2CCC(C(F)(F)F)CC2)n1)=[N+](\C(=O)NCc1ccccc1)c1ccc(-c2cnn(C)c2)cn1. The lowest BCUT2D eigenvalue weighted by Gasteiger charge is -2.34. The van der Waals surface area contributed by atoms with Crippen LogP contribution >= 0.6 is 0 Å².